The summed E-state index contributed by atoms with van der Waals surface area (Å²) in [6.45, 7) is 0. The van der Waals surface area contributed by atoms with Crippen molar-refractivity contribution in [3.63, 3.8) is 0 Å². The fourth-order valence-corrected chi connectivity index (χ4v) is 4.74. The number of halogens is 4. The van der Waals surface area contributed by atoms with E-state index in [4.69, 9.17) is 0 Å². The van der Waals surface area contributed by atoms with Gasteiger partial charge in [-0.3, -0.25) is 4.98 Å². The molecular formula is C25H19F4N. The van der Waals surface area contributed by atoms with Crippen LogP contribution in [0.2, 0.25) is 0 Å². The van der Waals surface area contributed by atoms with Crippen LogP contribution in [-0.4, -0.2) is 4.98 Å². The number of hydrogen-bond acceptors (Lipinski definition) is 1. The van der Waals surface area contributed by atoms with E-state index in [0.29, 0.717) is 6.42 Å². The Morgan fingerprint density at radius 1 is 0.967 bits per heavy atom. The Hall–Kier alpha value is -2.95. The van der Waals surface area contributed by atoms with E-state index in [1.807, 2.05) is 6.07 Å². The zero-order valence-electron chi connectivity index (χ0n) is 16.1. The standard InChI is InChI=1S/C25H19F4N/c26-18-7-9-20-17(11-15-5-10-24(30-14-15)25(27,28)29)12-22-19-4-2-1-3-16(19)6-8-21(22)23(20)13-18/h1,3,5-10,13-14,17H,2,4,11-12H2. The molecule has 0 amide bonds. The second kappa shape index (κ2) is 7.08. The Balaban J connectivity index is 1.56. The molecule has 1 heterocycles. The summed E-state index contributed by atoms with van der Waals surface area (Å²) in [4.78, 5) is 3.61. The molecule has 0 spiro atoms. The zero-order valence-corrected chi connectivity index (χ0v) is 16.1. The third-order valence-corrected chi connectivity index (χ3v) is 6.12. The lowest BCUT2D eigenvalue weighted by Gasteiger charge is -2.31. The lowest BCUT2D eigenvalue weighted by atomic mass is 9.73. The van der Waals surface area contributed by atoms with E-state index in [9.17, 15) is 17.6 Å². The van der Waals surface area contributed by atoms with Gasteiger partial charge in [-0.2, -0.15) is 13.2 Å². The van der Waals surface area contributed by atoms with Gasteiger partial charge < -0.3 is 0 Å². The first kappa shape index (κ1) is 19.0. The van der Waals surface area contributed by atoms with Crippen LogP contribution in [0.1, 0.15) is 45.8 Å². The van der Waals surface area contributed by atoms with Crippen molar-refractivity contribution in [2.75, 3.05) is 0 Å². The number of aromatic nitrogens is 1. The van der Waals surface area contributed by atoms with Crippen LogP contribution in [0.25, 0.3) is 17.2 Å². The molecule has 1 atom stereocenters. The number of fused-ring (bicyclic) bond motifs is 5. The maximum atomic E-state index is 14.1. The molecule has 0 fully saturated rings. The maximum absolute atomic E-state index is 14.1. The largest absolute Gasteiger partial charge is 0.433 e. The summed E-state index contributed by atoms with van der Waals surface area (Å²) in [5.74, 6) is -0.224. The van der Waals surface area contributed by atoms with E-state index in [-0.39, 0.29) is 11.7 Å². The molecule has 1 aromatic heterocycles. The number of nitrogens with zero attached hydrogens (tertiary/aromatic N) is 1. The normalized spacial score (nSPS) is 17.3. The van der Waals surface area contributed by atoms with Crippen molar-refractivity contribution in [2.45, 2.75) is 37.8 Å². The lowest BCUT2D eigenvalue weighted by Crippen LogP contribution is -2.17. The first-order valence-corrected chi connectivity index (χ1v) is 10.0. The van der Waals surface area contributed by atoms with Crippen LogP contribution in [-0.2, 0) is 25.4 Å². The van der Waals surface area contributed by atoms with Gasteiger partial charge in [0, 0.05) is 6.20 Å². The molecule has 1 nitrogen and oxygen atoms in total. The van der Waals surface area contributed by atoms with Crippen molar-refractivity contribution in [3.8, 4) is 11.1 Å². The summed E-state index contributed by atoms with van der Waals surface area (Å²) in [5.41, 5.74) is 6.60. The van der Waals surface area contributed by atoms with E-state index in [1.165, 1.54) is 35.0 Å². The van der Waals surface area contributed by atoms with Gasteiger partial charge >= 0.3 is 6.18 Å². The molecule has 2 aliphatic rings. The van der Waals surface area contributed by atoms with Gasteiger partial charge in [-0.25, -0.2) is 4.39 Å². The van der Waals surface area contributed by atoms with E-state index >= 15 is 0 Å². The van der Waals surface area contributed by atoms with Gasteiger partial charge in [0.15, 0.2) is 0 Å². The predicted octanol–water partition coefficient (Wildman–Crippen LogP) is 6.75. The fourth-order valence-electron chi connectivity index (χ4n) is 4.74. The monoisotopic (exact) mass is 409 g/mol. The summed E-state index contributed by atoms with van der Waals surface area (Å²) >= 11 is 0. The molecular weight excluding hydrogens is 390 g/mol. The van der Waals surface area contributed by atoms with Crippen molar-refractivity contribution in [3.05, 3.63) is 94.1 Å². The van der Waals surface area contributed by atoms with Crippen molar-refractivity contribution in [2.24, 2.45) is 0 Å². The highest BCUT2D eigenvalue weighted by molar-refractivity contribution is 5.78. The molecule has 0 saturated heterocycles. The number of pyridine rings is 1. The second-order valence-electron chi connectivity index (χ2n) is 7.99. The Morgan fingerprint density at radius 2 is 1.83 bits per heavy atom. The Morgan fingerprint density at radius 3 is 2.60 bits per heavy atom. The Labute approximate surface area is 172 Å². The molecule has 1 unspecified atom stereocenters. The third-order valence-electron chi connectivity index (χ3n) is 6.12. The summed E-state index contributed by atoms with van der Waals surface area (Å²) in [6.07, 6.45) is 4.44. The number of benzene rings is 2. The minimum atomic E-state index is -4.45. The van der Waals surface area contributed by atoms with Crippen molar-refractivity contribution in [1.29, 1.82) is 0 Å². The topological polar surface area (TPSA) is 12.9 Å². The second-order valence-corrected chi connectivity index (χ2v) is 7.99. The first-order chi connectivity index (χ1) is 14.4. The van der Waals surface area contributed by atoms with E-state index in [1.54, 1.807) is 6.07 Å². The van der Waals surface area contributed by atoms with Gasteiger partial charge in [0.25, 0.3) is 0 Å². The third kappa shape index (κ3) is 3.32. The molecule has 2 aromatic carbocycles. The number of alkyl halides is 3. The highest BCUT2D eigenvalue weighted by Crippen LogP contribution is 2.44. The average molecular weight is 409 g/mol. The number of rotatable bonds is 2. The van der Waals surface area contributed by atoms with Crippen molar-refractivity contribution >= 4 is 6.08 Å². The lowest BCUT2D eigenvalue weighted by molar-refractivity contribution is -0.141. The first-order valence-electron chi connectivity index (χ1n) is 10.0. The van der Waals surface area contributed by atoms with Gasteiger partial charge in [-0.15, -0.1) is 0 Å². The number of allylic oxidation sites excluding steroid dienone is 1. The van der Waals surface area contributed by atoms with Gasteiger partial charge in [0.1, 0.15) is 11.5 Å². The molecule has 0 aliphatic heterocycles. The molecule has 3 aromatic rings. The average Bonchev–Trinajstić information content (AvgIpc) is 2.73. The highest BCUT2D eigenvalue weighted by Gasteiger charge is 2.32. The maximum Gasteiger partial charge on any atom is 0.433 e. The fraction of sp³-hybridized carbons (Fsp3) is 0.240. The summed E-state index contributed by atoms with van der Waals surface area (Å²) in [5, 5.41) is 0. The molecule has 30 heavy (non-hydrogen) atoms. The van der Waals surface area contributed by atoms with Gasteiger partial charge in [0.2, 0.25) is 0 Å². The predicted molar refractivity (Wildman–Crippen MR) is 109 cm³/mol. The molecule has 5 rings (SSSR count). The van der Waals surface area contributed by atoms with Crippen LogP contribution in [0.5, 0.6) is 0 Å². The molecule has 0 N–H and O–H groups in total. The van der Waals surface area contributed by atoms with Crippen LogP contribution in [0.15, 0.2) is 54.7 Å². The van der Waals surface area contributed by atoms with Crippen LogP contribution >= 0.6 is 0 Å². The Kier molecular flexibility index (Phi) is 4.49. The van der Waals surface area contributed by atoms with Crippen LogP contribution in [0, 0.1) is 5.82 Å². The van der Waals surface area contributed by atoms with Gasteiger partial charge in [-0.1, -0.05) is 36.4 Å². The van der Waals surface area contributed by atoms with Gasteiger partial charge in [-0.05, 0) is 88.7 Å². The van der Waals surface area contributed by atoms with E-state index in [2.05, 4.69) is 29.3 Å². The Bertz CT molecular complexity index is 1140. The molecule has 152 valence electrons. The van der Waals surface area contributed by atoms with Gasteiger partial charge in [0.05, 0.1) is 0 Å². The van der Waals surface area contributed by atoms with Crippen molar-refractivity contribution in [1.82, 2.24) is 4.98 Å². The quantitative estimate of drug-likeness (QED) is 0.427. The molecule has 5 heteroatoms. The van der Waals surface area contributed by atoms with Crippen LogP contribution in [0.4, 0.5) is 17.6 Å². The van der Waals surface area contributed by atoms with Crippen LogP contribution < -0.4 is 0 Å². The molecule has 0 bridgehead atoms. The smallest absolute Gasteiger partial charge is 0.252 e. The minimum Gasteiger partial charge on any atom is -0.252 e. The van der Waals surface area contributed by atoms with Crippen molar-refractivity contribution < 1.29 is 17.6 Å². The highest BCUT2D eigenvalue weighted by atomic mass is 19.4. The minimum absolute atomic E-state index is 0.0593. The summed E-state index contributed by atoms with van der Waals surface area (Å²) in [7, 11) is 0. The number of hydrogen-bond donors (Lipinski definition) is 0. The summed E-state index contributed by atoms with van der Waals surface area (Å²) < 4.78 is 52.6. The van der Waals surface area contributed by atoms with E-state index in [0.717, 1.165) is 47.6 Å². The zero-order chi connectivity index (χ0) is 20.9. The summed E-state index contributed by atoms with van der Waals surface area (Å²) in [6, 6.07) is 11.5. The van der Waals surface area contributed by atoms with E-state index < -0.39 is 11.9 Å². The molecule has 2 aliphatic carbocycles. The van der Waals surface area contributed by atoms with Crippen LogP contribution in [0.3, 0.4) is 0 Å². The molecule has 0 radical (unpaired) electrons. The SMILES string of the molecule is Fc1ccc2c(c1)-c1ccc3c(c1CC2Cc1ccc(C(F)(F)F)nc1)CCC=C3. The molecule has 0 saturated carbocycles.